The van der Waals surface area contributed by atoms with E-state index in [1.807, 2.05) is 26.0 Å². The first-order valence-corrected chi connectivity index (χ1v) is 4.67. The van der Waals surface area contributed by atoms with Crippen molar-refractivity contribution in [1.29, 1.82) is 0 Å². The highest BCUT2D eigenvalue weighted by Gasteiger charge is 2.17. The van der Waals surface area contributed by atoms with Gasteiger partial charge in [-0.15, -0.1) is 0 Å². The van der Waals surface area contributed by atoms with Gasteiger partial charge in [-0.2, -0.15) is 0 Å². The van der Waals surface area contributed by atoms with Crippen LogP contribution in [0.2, 0.25) is 0 Å². The molecule has 0 fully saturated rings. The predicted octanol–water partition coefficient (Wildman–Crippen LogP) is 1.65. The molecule has 0 saturated carbocycles. The first-order chi connectivity index (χ1) is 6.57. The van der Waals surface area contributed by atoms with E-state index < -0.39 is 0 Å². The van der Waals surface area contributed by atoms with E-state index in [2.05, 4.69) is 4.98 Å². The number of methoxy groups -OCH3 is 1. The molecule has 0 aliphatic heterocycles. The Morgan fingerprint density at radius 1 is 1.43 bits per heavy atom. The van der Waals surface area contributed by atoms with E-state index in [-0.39, 0.29) is 12.0 Å². The Morgan fingerprint density at radius 2 is 2.14 bits per heavy atom. The summed E-state index contributed by atoms with van der Waals surface area (Å²) < 4.78 is 5.01. The van der Waals surface area contributed by atoms with E-state index in [0.29, 0.717) is 0 Å². The highest BCUT2D eigenvalue weighted by Crippen LogP contribution is 2.20. The summed E-state index contributed by atoms with van der Waals surface area (Å²) >= 11 is 0. The third kappa shape index (κ3) is 3.00. The molecule has 0 radical (unpaired) electrons. The number of rotatable bonds is 4. The lowest BCUT2D eigenvalue weighted by molar-refractivity contribution is 0.158. The lowest BCUT2D eigenvalue weighted by Gasteiger charge is -2.20. The van der Waals surface area contributed by atoms with Gasteiger partial charge in [0.2, 0.25) is 0 Å². The maximum Gasteiger partial charge on any atom is 0.137 e. The first-order valence-electron chi connectivity index (χ1n) is 4.67. The molecule has 14 heavy (non-hydrogen) atoms. The van der Waals surface area contributed by atoms with Crippen molar-refractivity contribution < 1.29 is 9.84 Å². The molecule has 3 nitrogen and oxygen atoms in total. The first kappa shape index (κ1) is 11.0. The Kier molecular flexibility index (Phi) is 3.47. The number of aromatic nitrogens is 1. The molecule has 1 aromatic heterocycles. The molecular formula is C11H17NO2. The second kappa shape index (κ2) is 4.42. The minimum atomic E-state index is -0.110. The zero-order chi connectivity index (χ0) is 10.6. The summed E-state index contributed by atoms with van der Waals surface area (Å²) in [6.07, 6.45) is 2.47. The van der Waals surface area contributed by atoms with Crippen LogP contribution < -0.4 is 4.74 Å². The van der Waals surface area contributed by atoms with Crippen LogP contribution in [-0.2, 0) is 6.42 Å². The Morgan fingerprint density at radius 3 is 2.57 bits per heavy atom. The molecular weight excluding hydrogens is 178 g/mol. The average molecular weight is 195 g/mol. The molecule has 0 saturated heterocycles. The van der Waals surface area contributed by atoms with Gasteiger partial charge in [0.1, 0.15) is 5.75 Å². The van der Waals surface area contributed by atoms with Gasteiger partial charge in [0.25, 0.3) is 0 Å². The topological polar surface area (TPSA) is 42.4 Å². The number of aliphatic hydroxyl groups is 1. The van der Waals surface area contributed by atoms with E-state index in [9.17, 15) is 0 Å². The van der Waals surface area contributed by atoms with Gasteiger partial charge in [-0.25, -0.2) is 0 Å². The van der Waals surface area contributed by atoms with E-state index >= 15 is 0 Å². The highest BCUT2D eigenvalue weighted by molar-refractivity contribution is 5.20. The smallest absolute Gasteiger partial charge is 0.137 e. The predicted molar refractivity (Wildman–Crippen MR) is 55.4 cm³/mol. The zero-order valence-corrected chi connectivity index (χ0v) is 8.95. The van der Waals surface area contributed by atoms with Crippen molar-refractivity contribution in [2.75, 3.05) is 13.7 Å². The maximum absolute atomic E-state index is 9.10. The molecule has 0 unspecified atom stereocenters. The number of aliphatic hydroxyl groups excluding tert-OH is 1. The third-order valence-electron chi connectivity index (χ3n) is 2.12. The van der Waals surface area contributed by atoms with Gasteiger partial charge >= 0.3 is 0 Å². The summed E-state index contributed by atoms with van der Waals surface area (Å²) in [6.45, 7) is 4.19. The van der Waals surface area contributed by atoms with E-state index in [1.165, 1.54) is 0 Å². The molecule has 1 aromatic rings. The average Bonchev–Trinajstić information content (AvgIpc) is 2.19. The summed E-state index contributed by atoms with van der Waals surface area (Å²) in [5.74, 6) is 0.760. The summed E-state index contributed by atoms with van der Waals surface area (Å²) in [6, 6.07) is 3.81. The Bertz CT molecular complexity index is 280. The zero-order valence-electron chi connectivity index (χ0n) is 8.95. The molecule has 0 spiro atoms. The van der Waals surface area contributed by atoms with Gasteiger partial charge in [-0.05, 0) is 24.0 Å². The van der Waals surface area contributed by atoms with Gasteiger partial charge in [-0.1, -0.05) is 13.8 Å². The molecule has 1 heterocycles. The van der Waals surface area contributed by atoms with Crippen LogP contribution in [0.4, 0.5) is 0 Å². The normalized spacial score (nSPS) is 11.4. The van der Waals surface area contributed by atoms with Crippen LogP contribution in [0.15, 0.2) is 18.3 Å². The molecule has 78 valence electrons. The van der Waals surface area contributed by atoms with Gasteiger partial charge in [0, 0.05) is 12.3 Å². The van der Waals surface area contributed by atoms with E-state index in [1.54, 1.807) is 13.3 Å². The largest absolute Gasteiger partial charge is 0.495 e. The van der Waals surface area contributed by atoms with Crippen LogP contribution in [0.25, 0.3) is 0 Å². The molecule has 1 N–H and O–H groups in total. The molecule has 0 aromatic carbocycles. The van der Waals surface area contributed by atoms with Gasteiger partial charge in [0.05, 0.1) is 13.3 Å². The number of pyridine rings is 1. The lowest BCUT2D eigenvalue weighted by Crippen LogP contribution is -2.20. The van der Waals surface area contributed by atoms with Crippen molar-refractivity contribution in [1.82, 2.24) is 4.98 Å². The highest BCUT2D eigenvalue weighted by atomic mass is 16.5. The molecule has 0 amide bonds. The number of ether oxygens (including phenoxy) is 1. The summed E-state index contributed by atoms with van der Waals surface area (Å²) in [4.78, 5) is 4.25. The lowest BCUT2D eigenvalue weighted by atomic mass is 9.89. The molecule has 0 aliphatic rings. The van der Waals surface area contributed by atoms with Crippen molar-refractivity contribution in [3.63, 3.8) is 0 Å². The van der Waals surface area contributed by atoms with Crippen LogP contribution in [0.5, 0.6) is 5.75 Å². The monoisotopic (exact) mass is 195 g/mol. The van der Waals surface area contributed by atoms with Gasteiger partial charge in [0.15, 0.2) is 0 Å². The van der Waals surface area contributed by atoms with Crippen molar-refractivity contribution >= 4 is 0 Å². The van der Waals surface area contributed by atoms with Crippen LogP contribution in [-0.4, -0.2) is 23.8 Å². The number of nitrogens with zero attached hydrogens (tertiary/aromatic N) is 1. The van der Waals surface area contributed by atoms with Crippen LogP contribution in [0.1, 0.15) is 19.5 Å². The Labute approximate surface area is 84.7 Å². The molecule has 3 heteroatoms. The number of hydrogen-bond donors (Lipinski definition) is 1. The fourth-order valence-electron chi connectivity index (χ4n) is 1.18. The van der Waals surface area contributed by atoms with Crippen molar-refractivity contribution in [3.8, 4) is 5.75 Å². The van der Waals surface area contributed by atoms with Gasteiger partial charge in [-0.3, -0.25) is 4.98 Å². The van der Waals surface area contributed by atoms with Crippen LogP contribution in [0, 0.1) is 5.41 Å². The minimum absolute atomic E-state index is 0.110. The second-order valence-corrected chi connectivity index (χ2v) is 4.19. The molecule has 0 bridgehead atoms. The van der Waals surface area contributed by atoms with Crippen molar-refractivity contribution in [2.45, 2.75) is 20.3 Å². The number of hydrogen-bond acceptors (Lipinski definition) is 3. The second-order valence-electron chi connectivity index (χ2n) is 4.19. The maximum atomic E-state index is 9.10. The summed E-state index contributed by atoms with van der Waals surface area (Å²) in [7, 11) is 1.62. The third-order valence-corrected chi connectivity index (χ3v) is 2.12. The SMILES string of the molecule is COc1ccc(CC(C)(C)CO)nc1. The van der Waals surface area contributed by atoms with Crippen LogP contribution >= 0.6 is 0 Å². The Hall–Kier alpha value is -1.09. The summed E-state index contributed by atoms with van der Waals surface area (Å²) in [5, 5.41) is 9.10. The molecule has 0 aliphatic carbocycles. The van der Waals surface area contributed by atoms with Crippen molar-refractivity contribution in [2.24, 2.45) is 5.41 Å². The minimum Gasteiger partial charge on any atom is -0.495 e. The van der Waals surface area contributed by atoms with Crippen molar-refractivity contribution in [3.05, 3.63) is 24.0 Å². The molecule has 1 rings (SSSR count). The van der Waals surface area contributed by atoms with E-state index in [0.717, 1.165) is 17.9 Å². The molecule has 0 atom stereocenters. The fourth-order valence-corrected chi connectivity index (χ4v) is 1.18. The Balaban J connectivity index is 2.69. The standard InChI is InChI=1S/C11H17NO2/c1-11(2,8-13)6-9-4-5-10(14-3)7-12-9/h4-5,7,13H,6,8H2,1-3H3. The van der Waals surface area contributed by atoms with Crippen LogP contribution in [0.3, 0.4) is 0 Å². The van der Waals surface area contributed by atoms with E-state index in [4.69, 9.17) is 9.84 Å². The van der Waals surface area contributed by atoms with Gasteiger partial charge < -0.3 is 9.84 Å². The quantitative estimate of drug-likeness (QED) is 0.794. The summed E-state index contributed by atoms with van der Waals surface area (Å²) in [5.41, 5.74) is 0.867. The fraction of sp³-hybridized carbons (Fsp3) is 0.545.